The highest BCUT2D eigenvalue weighted by atomic mass is 19.1. The van der Waals surface area contributed by atoms with Crippen LogP contribution in [0.15, 0.2) is 0 Å². The fraction of sp³-hybridized carbons (Fsp3) is 0.913. The topological polar surface area (TPSA) is 63.6 Å². The van der Waals surface area contributed by atoms with Gasteiger partial charge in [0.1, 0.15) is 18.9 Å². The highest BCUT2D eigenvalue weighted by Gasteiger charge is 2.63. The number of halogens is 1. The molecule has 0 spiro atoms. The molecule has 1 N–H and O–H groups in total. The zero-order chi connectivity index (χ0) is 20.3. The van der Waals surface area contributed by atoms with Crippen LogP contribution in [0.3, 0.4) is 0 Å². The molecule has 0 radical (unpaired) electrons. The van der Waals surface area contributed by atoms with Gasteiger partial charge in [-0.3, -0.25) is 9.59 Å². The van der Waals surface area contributed by atoms with Crippen LogP contribution in [0.2, 0.25) is 0 Å². The second-order valence-corrected chi connectivity index (χ2v) is 10.5. The molecule has 4 rings (SSSR count). The van der Waals surface area contributed by atoms with Gasteiger partial charge in [0.2, 0.25) is 0 Å². The largest absolute Gasteiger partial charge is 0.463 e. The predicted molar refractivity (Wildman–Crippen MR) is 103 cm³/mol. The Labute approximate surface area is 167 Å². The number of hydrogen-bond acceptors (Lipinski definition) is 4. The standard InChI is InChI=1S/C23H35FO4/c1-13(26)28-14-6-8-23(3)17-7-9-22(2)16(4-5-18(22)21(27)12-25)15(17)11-20(24)19(23)10-14/h14-20,25H,4-12H2,1-3H3/t14-,15+,16+,17+,18-,19+,20+,22+,23-/m1/s1. The molecule has 0 aliphatic heterocycles. The lowest BCUT2D eigenvalue weighted by atomic mass is 9.44. The molecule has 28 heavy (non-hydrogen) atoms. The minimum absolute atomic E-state index is 0.0259. The molecule has 0 amide bonds. The Morgan fingerprint density at radius 2 is 1.68 bits per heavy atom. The van der Waals surface area contributed by atoms with Gasteiger partial charge in [-0.25, -0.2) is 4.39 Å². The molecule has 0 saturated heterocycles. The van der Waals surface area contributed by atoms with Crippen LogP contribution in [-0.2, 0) is 14.3 Å². The van der Waals surface area contributed by atoms with E-state index < -0.39 is 6.17 Å². The van der Waals surface area contributed by atoms with Crippen molar-refractivity contribution in [3.8, 4) is 0 Å². The number of hydrogen-bond donors (Lipinski definition) is 1. The third-order valence-electron chi connectivity index (χ3n) is 9.46. The number of ketones is 1. The maximum absolute atomic E-state index is 15.5. The van der Waals surface area contributed by atoms with Gasteiger partial charge in [0.05, 0.1) is 0 Å². The summed E-state index contributed by atoms with van der Waals surface area (Å²) >= 11 is 0. The van der Waals surface area contributed by atoms with Gasteiger partial charge in [0.15, 0.2) is 5.78 Å². The molecular weight excluding hydrogens is 359 g/mol. The first-order valence-corrected chi connectivity index (χ1v) is 11.2. The number of carbonyl (C=O) groups excluding carboxylic acids is 2. The molecule has 4 aliphatic carbocycles. The normalized spacial score (nSPS) is 50.2. The van der Waals surface area contributed by atoms with E-state index >= 15 is 4.39 Å². The van der Waals surface area contributed by atoms with Crippen LogP contribution in [0.5, 0.6) is 0 Å². The van der Waals surface area contributed by atoms with E-state index in [9.17, 15) is 14.7 Å². The average Bonchev–Trinajstić information content (AvgIpc) is 2.99. The van der Waals surface area contributed by atoms with Crippen molar-refractivity contribution in [1.29, 1.82) is 0 Å². The fourth-order valence-corrected chi connectivity index (χ4v) is 8.19. The van der Waals surface area contributed by atoms with Crippen LogP contribution in [0, 0.1) is 40.4 Å². The summed E-state index contributed by atoms with van der Waals surface area (Å²) in [6.45, 7) is 5.56. The van der Waals surface area contributed by atoms with Crippen LogP contribution in [-0.4, -0.2) is 35.7 Å². The van der Waals surface area contributed by atoms with Gasteiger partial charge in [-0.1, -0.05) is 13.8 Å². The van der Waals surface area contributed by atoms with E-state index in [0.29, 0.717) is 30.6 Å². The summed E-state index contributed by atoms with van der Waals surface area (Å²) < 4.78 is 20.9. The SMILES string of the molecule is CC(=O)O[C@@H]1CC[C@]2(C)[C@H]3CC[C@]4(C)[C@@H](C(=O)CO)CC[C@H]4[C@@H]3C[C@H](F)[C@@H]2C1. The van der Waals surface area contributed by atoms with Crippen LogP contribution in [0.4, 0.5) is 4.39 Å². The monoisotopic (exact) mass is 394 g/mol. The number of carbonyl (C=O) groups is 2. The van der Waals surface area contributed by atoms with Gasteiger partial charge in [0.25, 0.3) is 0 Å². The van der Waals surface area contributed by atoms with Crippen LogP contribution in [0.1, 0.15) is 72.1 Å². The van der Waals surface area contributed by atoms with Gasteiger partial charge < -0.3 is 9.84 Å². The highest BCUT2D eigenvalue weighted by Crippen LogP contribution is 2.67. The molecule has 5 heteroatoms. The van der Waals surface area contributed by atoms with Crippen molar-refractivity contribution >= 4 is 11.8 Å². The van der Waals surface area contributed by atoms with Gasteiger partial charge >= 0.3 is 5.97 Å². The van der Waals surface area contributed by atoms with Crippen molar-refractivity contribution in [2.24, 2.45) is 40.4 Å². The molecule has 0 bridgehead atoms. The Morgan fingerprint density at radius 3 is 2.36 bits per heavy atom. The number of rotatable bonds is 3. The summed E-state index contributed by atoms with van der Waals surface area (Å²) in [5, 5.41) is 9.41. The number of alkyl halides is 1. The second-order valence-electron chi connectivity index (χ2n) is 10.5. The van der Waals surface area contributed by atoms with E-state index in [1.54, 1.807) is 0 Å². The van der Waals surface area contributed by atoms with Gasteiger partial charge in [-0.2, -0.15) is 0 Å². The predicted octanol–water partition coefficient (Wildman–Crippen LogP) is 4.09. The third-order valence-corrected chi connectivity index (χ3v) is 9.46. The Hall–Kier alpha value is -0.970. The van der Waals surface area contributed by atoms with E-state index in [1.165, 1.54) is 6.92 Å². The van der Waals surface area contributed by atoms with E-state index in [-0.39, 0.29) is 47.1 Å². The van der Waals surface area contributed by atoms with Crippen molar-refractivity contribution in [2.75, 3.05) is 6.61 Å². The minimum Gasteiger partial charge on any atom is -0.463 e. The Balaban J connectivity index is 1.57. The van der Waals surface area contributed by atoms with Crippen molar-refractivity contribution in [2.45, 2.75) is 84.4 Å². The lowest BCUT2D eigenvalue weighted by molar-refractivity contribution is -0.172. The average molecular weight is 395 g/mol. The molecule has 158 valence electrons. The van der Waals surface area contributed by atoms with Gasteiger partial charge in [0, 0.05) is 12.8 Å². The summed E-state index contributed by atoms with van der Waals surface area (Å²) in [7, 11) is 0. The quantitative estimate of drug-likeness (QED) is 0.733. The number of fused-ring (bicyclic) bond motifs is 5. The smallest absolute Gasteiger partial charge is 0.302 e. The first-order chi connectivity index (χ1) is 13.2. The summed E-state index contributed by atoms with van der Waals surface area (Å²) in [5.74, 6) is 0.813. The minimum atomic E-state index is -0.862. The number of ether oxygens (including phenoxy) is 1. The molecule has 0 aromatic heterocycles. The van der Waals surface area contributed by atoms with Crippen molar-refractivity contribution in [3.63, 3.8) is 0 Å². The van der Waals surface area contributed by atoms with E-state index in [1.807, 2.05) is 0 Å². The second kappa shape index (κ2) is 7.07. The maximum atomic E-state index is 15.5. The molecule has 0 heterocycles. The lowest BCUT2D eigenvalue weighted by Gasteiger charge is -2.61. The molecule has 0 unspecified atom stereocenters. The zero-order valence-electron chi connectivity index (χ0n) is 17.5. The molecule has 0 aromatic carbocycles. The van der Waals surface area contributed by atoms with Crippen LogP contribution >= 0.6 is 0 Å². The molecule has 9 atom stereocenters. The summed E-state index contributed by atoms with van der Waals surface area (Å²) in [5.41, 5.74) is -0.127. The van der Waals surface area contributed by atoms with Crippen LogP contribution in [0.25, 0.3) is 0 Å². The molecule has 0 aromatic rings. The van der Waals surface area contributed by atoms with E-state index in [4.69, 9.17) is 4.74 Å². The van der Waals surface area contributed by atoms with Crippen molar-refractivity contribution in [3.05, 3.63) is 0 Å². The number of aliphatic hydroxyl groups is 1. The first kappa shape index (κ1) is 20.3. The number of esters is 1. The first-order valence-electron chi connectivity index (χ1n) is 11.2. The third kappa shape index (κ3) is 2.95. The summed E-state index contributed by atoms with van der Waals surface area (Å²) in [6, 6.07) is 0. The molecule has 4 aliphatic rings. The summed E-state index contributed by atoms with van der Waals surface area (Å²) in [4.78, 5) is 23.7. The molecular formula is C23H35FO4. The lowest BCUT2D eigenvalue weighted by Crippen LogP contribution is -2.57. The Bertz CT molecular complexity index is 651. The van der Waals surface area contributed by atoms with Crippen molar-refractivity contribution < 1.29 is 23.8 Å². The van der Waals surface area contributed by atoms with Gasteiger partial charge in [-0.05, 0) is 85.9 Å². The zero-order valence-corrected chi connectivity index (χ0v) is 17.5. The fourth-order valence-electron chi connectivity index (χ4n) is 8.19. The number of Topliss-reactive ketones (excluding diaryl/α,β-unsaturated/α-hetero) is 1. The molecule has 4 nitrogen and oxygen atoms in total. The van der Waals surface area contributed by atoms with E-state index in [0.717, 1.165) is 38.5 Å². The van der Waals surface area contributed by atoms with Crippen molar-refractivity contribution in [1.82, 2.24) is 0 Å². The highest BCUT2D eigenvalue weighted by molar-refractivity contribution is 5.83. The maximum Gasteiger partial charge on any atom is 0.302 e. The molecule has 4 saturated carbocycles. The molecule has 4 fully saturated rings. The Kier molecular flexibility index (Phi) is 5.13. The van der Waals surface area contributed by atoms with Gasteiger partial charge in [-0.15, -0.1) is 0 Å². The number of aliphatic hydroxyl groups excluding tert-OH is 1. The summed E-state index contributed by atoms with van der Waals surface area (Å²) in [6.07, 6.45) is 5.85. The van der Waals surface area contributed by atoms with Crippen LogP contribution < -0.4 is 0 Å². The van der Waals surface area contributed by atoms with E-state index in [2.05, 4.69) is 13.8 Å². The Morgan fingerprint density at radius 1 is 1.00 bits per heavy atom.